The summed E-state index contributed by atoms with van der Waals surface area (Å²) in [5.74, 6) is 0.506. The quantitative estimate of drug-likeness (QED) is 0.878. The maximum atomic E-state index is 10.7. The topological polar surface area (TPSA) is 84.4 Å². The number of benzene rings is 1. The normalized spacial score (nSPS) is 12.7. The summed E-state index contributed by atoms with van der Waals surface area (Å²) in [4.78, 5) is 10.7. The zero-order chi connectivity index (χ0) is 13.4. The smallest absolute Gasteiger partial charge is 0.309 e. The zero-order valence-electron chi connectivity index (χ0n) is 10.3. The van der Waals surface area contributed by atoms with Crippen molar-refractivity contribution in [1.82, 2.24) is 10.2 Å². The second-order valence-electron chi connectivity index (χ2n) is 4.31. The molecule has 6 nitrogen and oxygen atoms in total. The largest absolute Gasteiger partial charge is 0.481 e. The van der Waals surface area contributed by atoms with Gasteiger partial charge in [0.15, 0.2) is 11.5 Å². The Morgan fingerprint density at radius 3 is 3.00 bits per heavy atom. The highest BCUT2D eigenvalue weighted by Gasteiger charge is 2.17. The molecular formula is C13H12N2O4. The fraction of sp³-hybridized carbons (Fsp3) is 0.231. The van der Waals surface area contributed by atoms with Crippen molar-refractivity contribution >= 4 is 5.97 Å². The van der Waals surface area contributed by atoms with Crippen molar-refractivity contribution < 1.29 is 19.4 Å². The van der Waals surface area contributed by atoms with Gasteiger partial charge in [0, 0.05) is 11.3 Å². The average Bonchev–Trinajstić information content (AvgIpc) is 2.96. The molecule has 2 heterocycles. The molecule has 0 atom stereocenters. The van der Waals surface area contributed by atoms with Gasteiger partial charge in [0.25, 0.3) is 0 Å². The monoisotopic (exact) mass is 260 g/mol. The fourth-order valence-electron chi connectivity index (χ4n) is 2.08. The Hall–Kier alpha value is -2.50. The molecule has 1 aliphatic heterocycles. The molecule has 6 heteroatoms. The number of hydrogen-bond donors (Lipinski definition) is 2. The van der Waals surface area contributed by atoms with Gasteiger partial charge in [0.1, 0.15) is 0 Å². The van der Waals surface area contributed by atoms with Crippen molar-refractivity contribution in [2.45, 2.75) is 13.3 Å². The highest BCUT2D eigenvalue weighted by atomic mass is 16.7. The van der Waals surface area contributed by atoms with Gasteiger partial charge in [-0.25, -0.2) is 0 Å². The van der Waals surface area contributed by atoms with Gasteiger partial charge >= 0.3 is 5.97 Å². The van der Waals surface area contributed by atoms with Crippen LogP contribution < -0.4 is 9.47 Å². The molecular weight excluding hydrogens is 248 g/mol. The van der Waals surface area contributed by atoms with Gasteiger partial charge in [0.2, 0.25) is 6.79 Å². The van der Waals surface area contributed by atoms with E-state index in [-0.39, 0.29) is 13.2 Å². The molecule has 0 bridgehead atoms. The van der Waals surface area contributed by atoms with E-state index < -0.39 is 5.97 Å². The van der Waals surface area contributed by atoms with Crippen LogP contribution in [0.5, 0.6) is 11.5 Å². The van der Waals surface area contributed by atoms with Gasteiger partial charge in [-0.1, -0.05) is 0 Å². The SMILES string of the molecule is Cc1c(-c2ccc3c(c2)OCO3)n[nH]c1CC(=O)O. The fourth-order valence-corrected chi connectivity index (χ4v) is 2.08. The second-order valence-corrected chi connectivity index (χ2v) is 4.31. The summed E-state index contributed by atoms with van der Waals surface area (Å²) in [6, 6.07) is 5.54. The van der Waals surface area contributed by atoms with Crippen LogP contribution in [0.3, 0.4) is 0 Å². The first-order valence-corrected chi connectivity index (χ1v) is 5.81. The number of ether oxygens (including phenoxy) is 2. The van der Waals surface area contributed by atoms with Gasteiger partial charge in [0.05, 0.1) is 12.1 Å². The summed E-state index contributed by atoms with van der Waals surface area (Å²) in [5.41, 5.74) is 3.05. The number of carboxylic acid groups (broad SMARTS) is 1. The molecule has 3 rings (SSSR count). The Bertz CT molecular complexity index is 648. The third-order valence-corrected chi connectivity index (χ3v) is 3.08. The highest BCUT2D eigenvalue weighted by Crippen LogP contribution is 2.36. The van der Waals surface area contributed by atoms with Crippen LogP contribution in [0.2, 0.25) is 0 Å². The average molecular weight is 260 g/mol. The number of nitrogens with zero attached hydrogens (tertiary/aromatic N) is 1. The second kappa shape index (κ2) is 4.31. The van der Waals surface area contributed by atoms with Crippen LogP contribution in [-0.4, -0.2) is 28.1 Å². The predicted molar refractivity (Wildman–Crippen MR) is 66.2 cm³/mol. The number of rotatable bonds is 3. The molecule has 1 aromatic heterocycles. The lowest BCUT2D eigenvalue weighted by Gasteiger charge is -2.01. The number of hydrogen-bond acceptors (Lipinski definition) is 4. The van der Waals surface area contributed by atoms with Crippen molar-refractivity contribution in [3.8, 4) is 22.8 Å². The van der Waals surface area contributed by atoms with E-state index in [1.165, 1.54) is 0 Å². The Balaban J connectivity index is 1.98. The molecule has 2 N–H and O–H groups in total. The molecule has 98 valence electrons. The van der Waals surface area contributed by atoms with E-state index in [2.05, 4.69) is 10.2 Å². The van der Waals surface area contributed by atoms with Crippen molar-refractivity contribution in [2.24, 2.45) is 0 Å². The summed E-state index contributed by atoms with van der Waals surface area (Å²) >= 11 is 0. The Kier molecular flexibility index (Phi) is 2.63. The van der Waals surface area contributed by atoms with E-state index in [1.54, 1.807) is 0 Å². The summed E-state index contributed by atoms with van der Waals surface area (Å²) in [5, 5.41) is 15.8. The summed E-state index contributed by atoms with van der Waals surface area (Å²) < 4.78 is 10.6. The van der Waals surface area contributed by atoms with Crippen LogP contribution in [-0.2, 0) is 11.2 Å². The third kappa shape index (κ3) is 2.01. The van der Waals surface area contributed by atoms with Gasteiger partial charge in [-0.3, -0.25) is 9.89 Å². The van der Waals surface area contributed by atoms with E-state index >= 15 is 0 Å². The molecule has 1 aliphatic rings. The van der Waals surface area contributed by atoms with E-state index in [9.17, 15) is 4.79 Å². The predicted octanol–water partition coefficient (Wildman–Crippen LogP) is 1.74. The van der Waals surface area contributed by atoms with Gasteiger partial charge < -0.3 is 14.6 Å². The minimum absolute atomic E-state index is 0.0661. The number of nitrogens with one attached hydrogen (secondary N) is 1. The first-order chi connectivity index (χ1) is 9.15. The Labute approximate surface area is 109 Å². The van der Waals surface area contributed by atoms with Crippen LogP contribution in [0.1, 0.15) is 11.3 Å². The lowest BCUT2D eigenvalue weighted by atomic mass is 10.1. The molecule has 0 aliphatic carbocycles. The van der Waals surface area contributed by atoms with Crippen molar-refractivity contribution in [3.05, 3.63) is 29.5 Å². The molecule has 0 saturated heterocycles. The van der Waals surface area contributed by atoms with E-state index in [0.717, 1.165) is 16.8 Å². The minimum atomic E-state index is -0.885. The maximum Gasteiger partial charge on any atom is 0.309 e. The maximum absolute atomic E-state index is 10.7. The molecule has 0 saturated carbocycles. The molecule has 0 unspecified atom stereocenters. The van der Waals surface area contributed by atoms with Gasteiger partial charge in [-0.05, 0) is 30.7 Å². The van der Waals surface area contributed by atoms with Crippen LogP contribution >= 0.6 is 0 Å². The molecule has 0 spiro atoms. The van der Waals surface area contributed by atoms with Crippen molar-refractivity contribution in [1.29, 1.82) is 0 Å². The highest BCUT2D eigenvalue weighted by molar-refractivity contribution is 5.73. The molecule has 0 amide bonds. The number of carboxylic acids is 1. The number of fused-ring (bicyclic) bond motifs is 1. The molecule has 0 radical (unpaired) electrons. The lowest BCUT2D eigenvalue weighted by Crippen LogP contribution is -2.01. The summed E-state index contributed by atoms with van der Waals surface area (Å²) in [7, 11) is 0. The van der Waals surface area contributed by atoms with Crippen molar-refractivity contribution in [2.75, 3.05) is 6.79 Å². The first-order valence-electron chi connectivity index (χ1n) is 5.81. The number of aliphatic carboxylic acids is 1. The Morgan fingerprint density at radius 1 is 1.42 bits per heavy atom. The Morgan fingerprint density at radius 2 is 2.21 bits per heavy atom. The summed E-state index contributed by atoms with van der Waals surface area (Å²) in [6.07, 6.45) is -0.0661. The molecule has 19 heavy (non-hydrogen) atoms. The molecule has 2 aromatic rings. The van der Waals surface area contributed by atoms with Gasteiger partial charge in [-0.15, -0.1) is 0 Å². The van der Waals surface area contributed by atoms with E-state index in [4.69, 9.17) is 14.6 Å². The van der Waals surface area contributed by atoms with Crippen molar-refractivity contribution in [3.63, 3.8) is 0 Å². The van der Waals surface area contributed by atoms with Crippen LogP contribution in [0.4, 0.5) is 0 Å². The lowest BCUT2D eigenvalue weighted by molar-refractivity contribution is -0.136. The van der Waals surface area contributed by atoms with Gasteiger partial charge in [-0.2, -0.15) is 5.10 Å². The third-order valence-electron chi connectivity index (χ3n) is 3.08. The molecule has 1 aromatic carbocycles. The van der Waals surface area contributed by atoms with E-state index in [0.29, 0.717) is 17.2 Å². The molecule has 0 fully saturated rings. The van der Waals surface area contributed by atoms with Crippen LogP contribution in [0, 0.1) is 6.92 Å². The number of H-pyrrole nitrogens is 1. The first kappa shape index (κ1) is 11.6. The minimum Gasteiger partial charge on any atom is -0.481 e. The zero-order valence-corrected chi connectivity index (χ0v) is 10.3. The standard InChI is InChI=1S/C13H12N2O4/c1-7-9(5-12(16)17)14-15-13(7)8-2-3-10-11(4-8)19-6-18-10/h2-4H,5-6H2,1H3,(H,14,15)(H,16,17). The number of aromatic nitrogens is 2. The number of aromatic amines is 1. The summed E-state index contributed by atoms with van der Waals surface area (Å²) in [6.45, 7) is 2.07. The number of carbonyl (C=O) groups is 1. The van der Waals surface area contributed by atoms with Crippen LogP contribution in [0.15, 0.2) is 18.2 Å². The van der Waals surface area contributed by atoms with E-state index in [1.807, 2.05) is 25.1 Å². The van der Waals surface area contributed by atoms with Crippen LogP contribution in [0.25, 0.3) is 11.3 Å².